The number of carbonyl (C=O) groups is 3. The molecule has 1 aromatic rings. The van der Waals surface area contributed by atoms with Crippen molar-refractivity contribution >= 4 is 17.7 Å². The van der Waals surface area contributed by atoms with E-state index in [1.165, 1.54) is 18.9 Å². The highest BCUT2D eigenvalue weighted by molar-refractivity contribution is 5.94. The summed E-state index contributed by atoms with van der Waals surface area (Å²) in [5.74, 6) is -0.594. The molecule has 136 valence electrons. The van der Waals surface area contributed by atoms with Gasteiger partial charge in [-0.15, -0.1) is 0 Å². The van der Waals surface area contributed by atoms with E-state index in [2.05, 4.69) is 0 Å². The number of carbonyl (C=O) groups excluding carboxylic acids is 2. The number of amides is 1. The zero-order valence-corrected chi connectivity index (χ0v) is 14.4. The number of benzene rings is 1. The predicted molar refractivity (Wildman–Crippen MR) is 89.7 cm³/mol. The number of hydrogen-bond donors (Lipinski definition) is 1. The first-order valence-electron chi connectivity index (χ1n) is 8.21. The third-order valence-corrected chi connectivity index (χ3v) is 4.27. The van der Waals surface area contributed by atoms with E-state index in [9.17, 15) is 19.5 Å². The molecule has 7 heteroatoms. The Morgan fingerprint density at radius 3 is 2.48 bits per heavy atom. The Hall–Kier alpha value is -2.41. The lowest BCUT2D eigenvalue weighted by atomic mass is 10.1. The molecular formula is C18H23NO6. The standard InChI is InChI=1S/C18H23NO6/c1-12(20)13-5-7-14(8-6-13)25-9-3-4-17(21)19-11-15(24-2)10-16(19)18(22)23/h5-8,15-16H,3-4,9-11H2,1-2H3,(H,22,23). The van der Waals surface area contributed by atoms with Crippen LogP contribution in [0, 0.1) is 0 Å². The van der Waals surface area contributed by atoms with Gasteiger partial charge >= 0.3 is 5.97 Å². The lowest BCUT2D eigenvalue weighted by Gasteiger charge is -2.21. The van der Waals surface area contributed by atoms with E-state index in [-0.39, 0.29) is 24.2 Å². The van der Waals surface area contributed by atoms with Crippen LogP contribution in [0.15, 0.2) is 24.3 Å². The van der Waals surface area contributed by atoms with Crippen LogP contribution in [0.3, 0.4) is 0 Å². The van der Waals surface area contributed by atoms with E-state index in [0.29, 0.717) is 37.3 Å². The molecule has 1 aliphatic rings. The summed E-state index contributed by atoms with van der Waals surface area (Å²) < 4.78 is 10.7. The van der Waals surface area contributed by atoms with Crippen molar-refractivity contribution in [2.24, 2.45) is 0 Å². The van der Waals surface area contributed by atoms with Crippen LogP contribution < -0.4 is 4.74 Å². The summed E-state index contributed by atoms with van der Waals surface area (Å²) in [5.41, 5.74) is 0.615. The molecular weight excluding hydrogens is 326 g/mol. The summed E-state index contributed by atoms with van der Waals surface area (Å²) in [4.78, 5) is 36.1. The number of ketones is 1. The van der Waals surface area contributed by atoms with Gasteiger partial charge in [-0.1, -0.05) is 0 Å². The Morgan fingerprint density at radius 2 is 1.92 bits per heavy atom. The topological polar surface area (TPSA) is 93.1 Å². The molecule has 0 bridgehead atoms. The van der Waals surface area contributed by atoms with Crippen molar-refractivity contribution in [3.8, 4) is 5.75 Å². The van der Waals surface area contributed by atoms with Crippen molar-refractivity contribution in [2.45, 2.75) is 38.3 Å². The molecule has 2 rings (SSSR count). The van der Waals surface area contributed by atoms with Gasteiger partial charge in [-0.25, -0.2) is 4.79 Å². The smallest absolute Gasteiger partial charge is 0.326 e. The van der Waals surface area contributed by atoms with Crippen LogP contribution in [-0.4, -0.2) is 60.1 Å². The van der Waals surface area contributed by atoms with E-state index in [1.807, 2.05) is 0 Å². The fraction of sp³-hybridized carbons (Fsp3) is 0.500. The van der Waals surface area contributed by atoms with Gasteiger partial charge in [0.25, 0.3) is 0 Å². The molecule has 0 spiro atoms. The first kappa shape index (κ1) is 18.9. The molecule has 1 fully saturated rings. The van der Waals surface area contributed by atoms with Gasteiger partial charge in [0.15, 0.2) is 5.78 Å². The minimum atomic E-state index is -1.00. The highest BCUT2D eigenvalue weighted by atomic mass is 16.5. The second kappa shape index (κ2) is 8.62. The number of hydrogen-bond acceptors (Lipinski definition) is 5. The molecule has 1 N–H and O–H groups in total. The molecule has 1 aliphatic heterocycles. The third kappa shape index (κ3) is 5.03. The minimum Gasteiger partial charge on any atom is -0.494 e. The molecule has 2 unspecified atom stereocenters. The Labute approximate surface area is 146 Å². The number of aliphatic carboxylic acids is 1. The predicted octanol–water partition coefficient (Wildman–Crippen LogP) is 1.75. The second-order valence-electron chi connectivity index (χ2n) is 6.03. The number of likely N-dealkylation sites (tertiary alicyclic amines) is 1. The van der Waals surface area contributed by atoms with Gasteiger partial charge < -0.3 is 19.5 Å². The Kier molecular flexibility index (Phi) is 6.52. The van der Waals surface area contributed by atoms with E-state index in [1.54, 1.807) is 24.3 Å². The number of nitrogens with zero attached hydrogens (tertiary/aromatic N) is 1. The zero-order valence-electron chi connectivity index (χ0n) is 14.4. The van der Waals surface area contributed by atoms with Crippen LogP contribution >= 0.6 is 0 Å². The molecule has 0 aliphatic carbocycles. The van der Waals surface area contributed by atoms with Gasteiger partial charge in [-0.05, 0) is 37.6 Å². The van der Waals surface area contributed by atoms with Crippen LogP contribution in [0.1, 0.15) is 36.5 Å². The summed E-state index contributed by atoms with van der Waals surface area (Å²) in [6, 6.07) is 5.98. The van der Waals surface area contributed by atoms with Gasteiger partial charge in [0.1, 0.15) is 11.8 Å². The number of methoxy groups -OCH3 is 1. The largest absolute Gasteiger partial charge is 0.494 e. The van der Waals surface area contributed by atoms with Gasteiger partial charge in [0.05, 0.1) is 12.7 Å². The highest BCUT2D eigenvalue weighted by Gasteiger charge is 2.39. The molecule has 1 saturated heterocycles. The van der Waals surface area contributed by atoms with Crippen LogP contribution in [0.25, 0.3) is 0 Å². The van der Waals surface area contributed by atoms with E-state index in [4.69, 9.17) is 9.47 Å². The fourth-order valence-corrected chi connectivity index (χ4v) is 2.82. The fourth-order valence-electron chi connectivity index (χ4n) is 2.82. The molecule has 1 heterocycles. The summed E-state index contributed by atoms with van der Waals surface area (Å²) in [5, 5.41) is 9.23. The van der Waals surface area contributed by atoms with Crippen molar-refractivity contribution in [3.05, 3.63) is 29.8 Å². The number of rotatable bonds is 8. The van der Waals surface area contributed by atoms with Gasteiger partial charge in [0.2, 0.25) is 5.91 Å². The number of Topliss-reactive ketones (excluding diaryl/α,β-unsaturated/α-hetero) is 1. The summed E-state index contributed by atoms with van der Waals surface area (Å²) in [6.45, 7) is 2.14. The minimum absolute atomic E-state index is 0.00916. The maximum Gasteiger partial charge on any atom is 0.326 e. The Balaban J connectivity index is 1.78. The zero-order chi connectivity index (χ0) is 18.4. The van der Waals surface area contributed by atoms with Crippen molar-refractivity contribution in [1.82, 2.24) is 4.90 Å². The first-order chi connectivity index (χ1) is 11.9. The number of carboxylic acids is 1. The maximum absolute atomic E-state index is 12.3. The average Bonchev–Trinajstić information content (AvgIpc) is 3.04. The van der Waals surface area contributed by atoms with Crippen molar-refractivity contribution in [1.29, 1.82) is 0 Å². The van der Waals surface area contributed by atoms with E-state index < -0.39 is 12.0 Å². The summed E-state index contributed by atoms with van der Waals surface area (Å²) >= 11 is 0. The molecule has 1 amide bonds. The lowest BCUT2D eigenvalue weighted by molar-refractivity contribution is -0.148. The molecule has 1 aromatic carbocycles. The van der Waals surface area contributed by atoms with Gasteiger partial charge in [0, 0.05) is 32.1 Å². The quantitative estimate of drug-likeness (QED) is 0.568. The van der Waals surface area contributed by atoms with Crippen LogP contribution in [0.4, 0.5) is 0 Å². The Bertz CT molecular complexity index is 627. The maximum atomic E-state index is 12.3. The molecule has 25 heavy (non-hydrogen) atoms. The molecule has 2 atom stereocenters. The lowest BCUT2D eigenvalue weighted by Crippen LogP contribution is -2.40. The summed E-state index contributed by atoms with van der Waals surface area (Å²) in [7, 11) is 1.52. The van der Waals surface area contributed by atoms with Crippen molar-refractivity contribution < 1.29 is 29.0 Å². The number of ether oxygens (including phenoxy) is 2. The van der Waals surface area contributed by atoms with Crippen molar-refractivity contribution in [3.63, 3.8) is 0 Å². The normalized spacial score (nSPS) is 19.7. The summed E-state index contributed by atoms with van der Waals surface area (Å²) in [6.07, 6.45) is 0.775. The van der Waals surface area contributed by atoms with Crippen LogP contribution in [-0.2, 0) is 14.3 Å². The first-order valence-corrected chi connectivity index (χ1v) is 8.21. The van der Waals surface area contributed by atoms with Crippen molar-refractivity contribution in [2.75, 3.05) is 20.3 Å². The van der Waals surface area contributed by atoms with Crippen LogP contribution in [0.2, 0.25) is 0 Å². The van der Waals surface area contributed by atoms with Crippen LogP contribution in [0.5, 0.6) is 5.75 Å². The Morgan fingerprint density at radius 1 is 1.24 bits per heavy atom. The third-order valence-electron chi connectivity index (χ3n) is 4.27. The number of carboxylic acid groups (broad SMARTS) is 1. The monoisotopic (exact) mass is 349 g/mol. The molecule has 7 nitrogen and oxygen atoms in total. The molecule has 0 aromatic heterocycles. The van der Waals surface area contributed by atoms with E-state index >= 15 is 0 Å². The molecule has 0 radical (unpaired) electrons. The van der Waals surface area contributed by atoms with Gasteiger partial charge in [-0.3, -0.25) is 9.59 Å². The highest BCUT2D eigenvalue weighted by Crippen LogP contribution is 2.21. The molecule has 0 saturated carbocycles. The average molecular weight is 349 g/mol. The second-order valence-corrected chi connectivity index (χ2v) is 6.03. The van der Waals surface area contributed by atoms with E-state index in [0.717, 1.165) is 0 Å². The van der Waals surface area contributed by atoms with Gasteiger partial charge in [-0.2, -0.15) is 0 Å². The SMILES string of the molecule is COC1CC(C(=O)O)N(C(=O)CCCOc2ccc(C(C)=O)cc2)C1.